The van der Waals surface area contributed by atoms with Gasteiger partial charge in [0.1, 0.15) is 5.82 Å². The molecule has 1 fully saturated rings. The van der Waals surface area contributed by atoms with E-state index in [1.54, 1.807) is 30.3 Å². The number of carbonyl (C=O) groups is 1. The molecule has 4 rings (SSSR count). The molecular formula is C24H23N5O2. The minimum Gasteiger partial charge on any atom is -0.393 e. The number of aliphatic hydroxyl groups is 1. The van der Waals surface area contributed by atoms with Crippen molar-refractivity contribution >= 4 is 17.4 Å². The Morgan fingerprint density at radius 2 is 2.06 bits per heavy atom. The van der Waals surface area contributed by atoms with Crippen LogP contribution in [0.3, 0.4) is 0 Å². The van der Waals surface area contributed by atoms with Gasteiger partial charge in [0.25, 0.3) is 5.91 Å². The van der Waals surface area contributed by atoms with Crippen molar-refractivity contribution in [3.05, 3.63) is 83.8 Å². The summed E-state index contributed by atoms with van der Waals surface area (Å²) in [4.78, 5) is 20.7. The molecule has 156 valence electrons. The third kappa shape index (κ3) is 4.55. The van der Waals surface area contributed by atoms with E-state index < -0.39 is 23.9 Å². The van der Waals surface area contributed by atoms with Crippen LogP contribution in [-0.2, 0) is 11.9 Å². The van der Waals surface area contributed by atoms with E-state index in [9.17, 15) is 15.2 Å². The van der Waals surface area contributed by atoms with Gasteiger partial charge in [-0.2, -0.15) is 5.26 Å². The first-order valence-electron chi connectivity index (χ1n) is 11.8. The highest BCUT2D eigenvalue weighted by atomic mass is 16.3. The molecule has 7 heteroatoms. The summed E-state index contributed by atoms with van der Waals surface area (Å²) in [5.74, 6) is -0.530. The first-order valence-corrected chi connectivity index (χ1v) is 9.82. The Bertz CT molecular complexity index is 1280. The number of nitrogens with zero attached hydrogens (tertiary/aromatic N) is 3. The van der Waals surface area contributed by atoms with E-state index in [1.165, 1.54) is 24.4 Å². The topological polar surface area (TPSA) is 111 Å². The number of hydrogen-bond acceptors (Lipinski definition) is 6. The number of aliphatic hydroxyl groups excluding tert-OH is 1. The van der Waals surface area contributed by atoms with Crippen LogP contribution in [0.5, 0.6) is 0 Å². The third-order valence-corrected chi connectivity index (χ3v) is 5.34. The first-order chi connectivity index (χ1) is 16.6. The summed E-state index contributed by atoms with van der Waals surface area (Å²) in [7, 11) is 0. The molecule has 2 atom stereocenters. The molecule has 2 aromatic heterocycles. The minimum atomic E-state index is -2.23. The van der Waals surface area contributed by atoms with Crippen LogP contribution < -0.4 is 10.6 Å². The third-order valence-electron chi connectivity index (χ3n) is 5.34. The Balaban J connectivity index is 1.53. The summed E-state index contributed by atoms with van der Waals surface area (Å²) in [6.07, 6.45) is 1.95. The number of anilines is 2. The van der Waals surface area contributed by atoms with Gasteiger partial charge in [0.15, 0.2) is 0 Å². The monoisotopic (exact) mass is 417 g/mol. The molecule has 31 heavy (non-hydrogen) atoms. The van der Waals surface area contributed by atoms with Gasteiger partial charge in [0, 0.05) is 30.7 Å². The van der Waals surface area contributed by atoms with Gasteiger partial charge in [-0.1, -0.05) is 12.1 Å². The number of aromatic nitrogens is 2. The van der Waals surface area contributed by atoms with Gasteiger partial charge in [0.05, 0.1) is 28.6 Å². The summed E-state index contributed by atoms with van der Waals surface area (Å²) < 4.78 is 32.0. The molecule has 1 aliphatic carbocycles. The Morgan fingerprint density at radius 3 is 2.74 bits per heavy atom. The van der Waals surface area contributed by atoms with Crippen LogP contribution in [0.15, 0.2) is 67.1 Å². The first kappa shape index (κ1) is 16.0. The summed E-state index contributed by atoms with van der Waals surface area (Å²) in [5, 5.41) is 24.9. The van der Waals surface area contributed by atoms with Crippen LogP contribution >= 0.6 is 0 Å². The average Bonchev–Trinajstić information content (AvgIpc) is 3.21. The molecule has 0 radical (unpaired) electrons. The number of hydrogen-bond donors (Lipinski definition) is 3. The molecule has 7 nitrogen and oxygen atoms in total. The van der Waals surface area contributed by atoms with Crippen LogP contribution in [0.4, 0.5) is 11.5 Å². The molecule has 0 spiro atoms. The van der Waals surface area contributed by atoms with E-state index in [-0.39, 0.29) is 29.3 Å². The second-order valence-electron chi connectivity index (χ2n) is 7.39. The second-order valence-corrected chi connectivity index (χ2v) is 7.39. The highest BCUT2D eigenvalue weighted by Gasteiger charge is 2.40. The number of carbonyl (C=O) groups excluding carboxylic acids is 1. The van der Waals surface area contributed by atoms with Crippen LogP contribution in [0.1, 0.15) is 46.2 Å². The summed E-state index contributed by atoms with van der Waals surface area (Å²) in [5.41, 5.74) is 0.637. The van der Waals surface area contributed by atoms with E-state index in [0.717, 1.165) is 5.56 Å². The van der Waals surface area contributed by atoms with E-state index >= 15 is 0 Å². The molecule has 0 unspecified atom stereocenters. The van der Waals surface area contributed by atoms with Crippen molar-refractivity contribution in [2.45, 2.75) is 37.3 Å². The molecule has 0 bridgehead atoms. The van der Waals surface area contributed by atoms with Crippen molar-refractivity contribution in [3.63, 3.8) is 0 Å². The molecular weight excluding hydrogens is 390 g/mol. The summed E-state index contributed by atoms with van der Waals surface area (Å²) in [6.45, 7) is -2.23. The number of nitriles is 1. The molecule has 1 aliphatic rings. The lowest BCUT2D eigenvalue weighted by Crippen LogP contribution is -2.21. The van der Waals surface area contributed by atoms with Gasteiger partial charge in [-0.05, 0) is 66.8 Å². The van der Waals surface area contributed by atoms with Gasteiger partial charge >= 0.3 is 0 Å². The smallest absolute Gasteiger partial charge is 0.259 e. The normalized spacial score (nSPS) is 22.4. The predicted molar refractivity (Wildman–Crippen MR) is 117 cm³/mol. The number of pyridine rings is 2. The average molecular weight is 418 g/mol. The lowest BCUT2D eigenvalue weighted by Gasteiger charge is -2.21. The maximum Gasteiger partial charge on any atom is 0.259 e. The SMILES string of the molecule is [2H]c1cc(C([2H])([2H])Nc2ncccc2C(=O)Nc2ccc([C@@]3(C#N)CC[C@@H](O)C3)cc2)cc([2H])n1. The van der Waals surface area contributed by atoms with Crippen molar-refractivity contribution in [2.24, 2.45) is 0 Å². The van der Waals surface area contributed by atoms with Crippen molar-refractivity contribution in [1.29, 1.82) is 5.26 Å². The van der Waals surface area contributed by atoms with Crippen molar-refractivity contribution in [3.8, 4) is 6.07 Å². The maximum absolute atomic E-state index is 13.0. The molecule has 0 aliphatic heterocycles. The fraction of sp³-hybridized carbons (Fsp3) is 0.250. The van der Waals surface area contributed by atoms with Crippen LogP contribution in [0.25, 0.3) is 0 Å². The molecule has 3 N–H and O–H groups in total. The minimum absolute atomic E-state index is 0.00938. The summed E-state index contributed by atoms with van der Waals surface area (Å²) >= 11 is 0. The number of rotatable bonds is 6. The second kappa shape index (κ2) is 8.94. The molecule has 2 heterocycles. The van der Waals surface area contributed by atoms with Gasteiger partial charge in [0.2, 0.25) is 0 Å². The van der Waals surface area contributed by atoms with Gasteiger partial charge in [-0.3, -0.25) is 9.78 Å². The Kier molecular flexibility index (Phi) is 4.61. The molecule has 1 saturated carbocycles. The lowest BCUT2D eigenvalue weighted by atomic mass is 9.80. The standard InChI is InChI=1S/C24H23N5O2/c25-16-24(10-7-20(30)14-24)18-3-5-19(6-4-18)29-23(31)21-2-1-11-27-22(21)28-15-17-8-12-26-13-9-17/h1-6,8-9,11-13,20,30H,7,10,14-15H2,(H,27,28)(H,29,31)/t20-,24+/m1/s1/i12D,13D,15D2. The largest absolute Gasteiger partial charge is 0.393 e. The molecule has 3 aromatic rings. The van der Waals surface area contributed by atoms with E-state index in [4.69, 9.17) is 5.48 Å². The number of amides is 1. The van der Waals surface area contributed by atoms with Gasteiger partial charge in [-0.25, -0.2) is 4.98 Å². The highest BCUT2D eigenvalue weighted by molar-refractivity contribution is 6.07. The van der Waals surface area contributed by atoms with Gasteiger partial charge < -0.3 is 15.7 Å². The Labute approximate surface area is 186 Å². The highest BCUT2D eigenvalue weighted by Crippen LogP contribution is 2.41. The van der Waals surface area contributed by atoms with Crippen molar-refractivity contribution in [1.82, 2.24) is 9.97 Å². The van der Waals surface area contributed by atoms with Crippen molar-refractivity contribution in [2.75, 3.05) is 10.6 Å². The zero-order valence-electron chi connectivity index (χ0n) is 20.6. The van der Waals surface area contributed by atoms with Gasteiger partial charge in [-0.15, -0.1) is 0 Å². The zero-order chi connectivity index (χ0) is 25.2. The molecule has 0 saturated heterocycles. The predicted octanol–water partition coefficient (Wildman–Crippen LogP) is 3.65. The zero-order valence-corrected chi connectivity index (χ0v) is 16.6. The molecule has 1 amide bonds. The fourth-order valence-corrected chi connectivity index (χ4v) is 3.69. The van der Waals surface area contributed by atoms with Crippen LogP contribution in [0.2, 0.25) is 0 Å². The van der Waals surface area contributed by atoms with Crippen molar-refractivity contribution < 1.29 is 15.4 Å². The van der Waals surface area contributed by atoms with E-state index in [2.05, 4.69) is 26.7 Å². The van der Waals surface area contributed by atoms with Crippen LogP contribution in [0, 0.1) is 11.3 Å². The Morgan fingerprint density at radius 1 is 1.29 bits per heavy atom. The number of nitrogens with one attached hydrogen (secondary N) is 2. The Hall–Kier alpha value is -3.76. The van der Waals surface area contributed by atoms with Crippen LogP contribution in [-0.4, -0.2) is 27.1 Å². The van der Waals surface area contributed by atoms with E-state index in [0.29, 0.717) is 24.9 Å². The lowest BCUT2D eigenvalue weighted by molar-refractivity contribution is 0.102. The number of benzene rings is 1. The van der Waals surface area contributed by atoms with E-state index in [1.807, 2.05) is 0 Å². The quantitative estimate of drug-likeness (QED) is 0.565. The fourth-order valence-electron chi connectivity index (χ4n) is 3.69. The maximum atomic E-state index is 13.0. The summed E-state index contributed by atoms with van der Waals surface area (Å²) in [6, 6.07) is 14.7. The molecule has 1 aromatic carbocycles.